The second-order valence-electron chi connectivity index (χ2n) is 3.88. The lowest BCUT2D eigenvalue weighted by molar-refractivity contribution is 0.450. The molecule has 1 aromatic carbocycles. The predicted molar refractivity (Wildman–Crippen MR) is 75.1 cm³/mol. The minimum Gasteiger partial charge on any atom is -0.437 e. The van der Waals surface area contributed by atoms with Crippen molar-refractivity contribution in [1.82, 2.24) is 9.97 Å². The SMILES string of the molecule is CCNc1ncnc(Oc2cc(F)ccc2C)c1Br. The molecule has 0 unspecified atom stereocenters. The fraction of sp³-hybridized carbons (Fsp3) is 0.231. The van der Waals surface area contributed by atoms with Gasteiger partial charge < -0.3 is 10.1 Å². The van der Waals surface area contributed by atoms with Crippen molar-refractivity contribution in [3.8, 4) is 11.6 Å². The number of rotatable bonds is 4. The van der Waals surface area contributed by atoms with Crippen molar-refractivity contribution < 1.29 is 9.13 Å². The molecule has 1 N–H and O–H groups in total. The number of hydrogen-bond acceptors (Lipinski definition) is 4. The average Bonchev–Trinajstić information content (AvgIpc) is 2.39. The molecule has 0 saturated heterocycles. The summed E-state index contributed by atoms with van der Waals surface area (Å²) < 4.78 is 19.5. The molecular weight excluding hydrogens is 313 g/mol. The molecule has 0 aliphatic rings. The number of nitrogens with zero attached hydrogens (tertiary/aromatic N) is 2. The van der Waals surface area contributed by atoms with Crippen molar-refractivity contribution in [2.45, 2.75) is 13.8 Å². The molecule has 0 atom stereocenters. The van der Waals surface area contributed by atoms with Gasteiger partial charge in [0.2, 0.25) is 5.88 Å². The van der Waals surface area contributed by atoms with E-state index in [0.717, 1.165) is 12.1 Å². The highest BCUT2D eigenvalue weighted by atomic mass is 79.9. The maximum atomic E-state index is 13.2. The number of aromatic nitrogens is 2. The summed E-state index contributed by atoms with van der Waals surface area (Å²) in [4.78, 5) is 8.13. The maximum absolute atomic E-state index is 13.2. The Morgan fingerprint density at radius 1 is 1.37 bits per heavy atom. The van der Waals surface area contributed by atoms with Gasteiger partial charge in [0.25, 0.3) is 0 Å². The van der Waals surface area contributed by atoms with Crippen molar-refractivity contribution in [3.05, 3.63) is 40.4 Å². The van der Waals surface area contributed by atoms with Crippen molar-refractivity contribution in [2.24, 2.45) is 0 Å². The molecule has 0 fully saturated rings. The van der Waals surface area contributed by atoms with Crippen LogP contribution in [-0.4, -0.2) is 16.5 Å². The Kier molecular flexibility index (Phi) is 4.31. The Hall–Kier alpha value is -1.69. The molecule has 0 bridgehead atoms. The van der Waals surface area contributed by atoms with Crippen LogP contribution in [0.2, 0.25) is 0 Å². The third kappa shape index (κ3) is 3.20. The molecule has 1 heterocycles. The summed E-state index contributed by atoms with van der Waals surface area (Å²) in [5.74, 6) is 1.07. The molecule has 0 radical (unpaired) electrons. The van der Waals surface area contributed by atoms with Gasteiger partial charge in [0, 0.05) is 12.6 Å². The molecule has 1 aromatic heterocycles. The maximum Gasteiger partial charge on any atom is 0.238 e. The van der Waals surface area contributed by atoms with Crippen LogP contribution in [0.3, 0.4) is 0 Å². The number of ether oxygens (including phenoxy) is 1. The third-order valence-corrected chi connectivity index (χ3v) is 3.17. The van der Waals surface area contributed by atoms with Crippen LogP contribution in [0.15, 0.2) is 29.0 Å². The van der Waals surface area contributed by atoms with Gasteiger partial charge in [-0.15, -0.1) is 0 Å². The lowest BCUT2D eigenvalue weighted by atomic mass is 10.2. The van der Waals surface area contributed by atoms with Gasteiger partial charge in [0.05, 0.1) is 0 Å². The number of aryl methyl sites for hydroxylation is 1. The first-order valence-electron chi connectivity index (χ1n) is 5.80. The summed E-state index contributed by atoms with van der Waals surface area (Å²) >= 11 is 3.38. The second-order valence-corrected chi connectivity index (χ2v) is 4.68. The van der Waals surface area contributed by atoms with Crippen molar-refractivity contribution in [1.29, 1.82) is 0 Å². The zero-order valence-corrected chi connectivity index (χ0v) is 12.2. The van der Waals surface area contributed by atoms with Gasteiger partial charge in [-0.05, 0) is 41.4 Å². The summed E-state index contributed by atoms with van der Waals surface area (Å²) in [6, 6.07) is 4.38. The lowest BCUT2D eigenvalue weighted by Gasteiger charge is -2.11. The molecular formula is C13H13BrFN3O. The van der Waals surface area contributed by atoms with Crippen LogP contribution < -0.4 is 10.1 Å². The first kappa shape index (κ1) is 13.7. The van der Waals surface area contributed by atoms with E-state index in [2.05, 4.69) is 31.2 Å². The number of benzene rings is 1. The van der Waals surface area contributed by atoms with Gasteiger partial charge in [0.1, 0.15) is 28.2 Å². The van der Waals surface area contributed by atoms with Crippen LogP contribution >= 0.6 is 15.9 Å². The molecule has 2 rings (SSSR count). The van der Waals surface area contributed by atoms with E-state index in [9.17, 15) is 4.39 Å². The molecule has 4 nitrogen and oxygen atoms in total. The minimum atomic E-state index is -0.349. The van der Waals surface area contributed by atoms with E-state index in [1.54, 1.807) is 6.07 Å². The van der Waals surface area contributed by atoms with Gasteiger partial charge in [-0.2, -0.15) is 0 Å². The number of nitrogens with one attached hydrogen (secondary N) is 1. The first-order chi connectivity index (χ1) is 9.11. The molecule has 0 saturated carbocycles. The molecule has 100 valence electrons. The Labute approximate surface area is 119 Å². The normalized spacial score (nSPS) is 10.3. The average molecular weight is 326 g/mol. The van der Waals surface area contributed by atoms with Crippen LogP contribution in [0, 0.1) is 12.7 Å². The highest BCUT2D eigenvalue weighted by Gasteiger charge is 2.11. The van der Waals surface area contributed by atoms with Crippen molar-refractivity contribution in [3.63, 3.8) is 0 Å². The van der Waals surface area contributed by atoms with Gasteiger partial charge in [-0.3, -0.25) is 0 Å². The summed E-state index contributed by atoms with van der Waals surface area (Å²) in [5.41, 5.74) is 0.830. The lowest BCUT2D eigenvalue weighted by Crippen LogP contribution is -2.02. The Morgan fingerprint density at radius 2 is 2.16 bits per heavy atom. The number of hydrogen-bond donors (Lipinski definition) is 1. The minimum absolute atomic E-state index is 0.347. The summed E-state index contributed by atoms with van der Waals surface area (Å²) in [5, 5.41) is 3.08. The van der Waals surface area contributed by atoms with Gasteiger partial charge in [0.15, 0.2) is 0 Å². The molecule has 19 heavy (non-hydrogen) atoms. The van der Waals surface area contributed by atoms with E-state index in [1.807, 2.05) is 13.8 Å². The van der Waals surface area contributed by atoms with Crippen molar-refractivity contribution in [2.75, 3.05) is 11.9 Å². The monoisotopic (exact) mass is 325 g/mol. The standard InChI is InChI=1S/C13H13BrFN3O/c1-3-16-12-11(14)13(18-7-17-12)19-10-6-9(15)5-4-8(10)2/h4-7H,3H2,1-2H3,(H,16,17,18). The zero-order valence-electron chi connectivity index (χ0n) is 10.6. The Balaban J connectivity index is 2.33. The van der Waals surface area contributed by atoms with Crippen LogP contribution in [-0.2, 0) is 0 Å². The van der Waals surface area contributed by atoms with E-state index < -0.39 is 0 Å². The summed E-state index contributed by atoms with van der Waals surface area (Å²) in [6.07, 6.45) is 1.40. The molecule has 0 aliphatic heterocycles. The molecule has 0 amide bonds. The third-order valence-electron chi connectivity index (χ3n) is 2.46. The predicted octanol–water partition coefficient (Wildman–Crippen LogP) is 3.91. The smallest absolute Gasteiger partial charge is 0.238 e. The van der Waals surface area contributed by atoms with Gasteiger partial charge in [-0.25, -0.2) is 14.4 Å². The molecule has 0 aliphatic carbocycles. The van der Waals surface area contributed by atoms with E-state index in [4.69, 9.17) is 4.74 Å². The van der Waals surface area contributed by atoms with E-state index in [0.29, 0.717) is 21.9 Å². The summed E-state index contributed by atoms with van der Waals surface area (Å²) in [7, 11) is 0. The highest BCUT2D eigenvalue weighted by Crippen LogP contribution is 2.33. The van der Waals surface area contributed by atoms with Crippen molar-refractivity contribution >= 4 is 21.7 Å². The van der Waals surface area contributed by atoms with Gasteiger partial charge >= 0.3 is 0 Å². The van der Waals surface area contributed by atoms with E-state index in [-0.39, 0.29) is 5.82 Å². The first-order valence-corrected chi connectivity index (χ1v) is 6.59. The fourth-order valence-corrected chi connectivity index (χ4v) is 1.93. The quantitative estimate of drug-likeness (QED) is 0.925. The summed E-state index contributed by atoms with van der Waals surface area (Å²) in [6.45, 7) is 4.54. The Bertz CT molecular complexity index is 592. The van der Waals surface area contributed by atoms with Crippen LogP contribution in [0.4, 0.5) is 10.2 Å². The van der Waals surface area contributed by atoms with Crippen LogP contribution in [0.5, 0.6) is 11.6 Å². The topological polar surface area (TPSA) is 47.0 Å². The second kappa shape index (κ2) is 5.97. The largest absolute Gasteiger partial charge is 0.437 e. The zero-order chi connectivity index (χ0) is 13.8. The Morgan fingerprint density at radius 3 is 2.89 bits per heavy atom. The van der Waals surface area contributed by atoms with Crippen LogP contribution in [0.25, 0.3) is 0 Å². The van der Waals surface area contributed by atoms with E-state index >= 15 is 0 Å². The molecule has 2 aromatic rings. The molecule has 6 heteroatoms. The highest BCUT2D eigenvalue weighted by molar-refractivity contribution is 9.10. The molecule has 0 spiro atoms. The van der Waals surface area contributed by atoms with Gasteiger partial charge in [-0.1, -0.05) is 6.07 Å². The van der Waals surface area contributed by atoms with Crippen LogP contribution in [0.1, 0.15) is 12.5 Å². The van der Waals surface area contributed by atoms with E-state index in [1.165, 1.54) is 18.5 Å². The number of halogens is 2. The fourth-order valence-electron chi connectivity index (χ4n) is 1.50. The number of anilines is 1.